The first-order valence-corrected chi connectivity index (χ1v) is 11.1. The maximum atomic E-state index is 13.3. The molecule has 0 bridgehead atoms. The van der Waals surface area contributed by atoms with Crippen LogP contribution < -0.4 is 16.0 Å². The monoisotopic (exact) mass is 481 g/mol. The molecule has 12 heteroatoms. The number of carbonyl (C=O) groups excluding carboxylic acids is 2. The van der Waals surface area contributed by atoms with E-state index >= 15 is 0 Å². The number of amides is 2. The molecule has 3 aromatic rings. The molecule has 184 valence electrons. The number of nitrogen functional groups attached to an aromatic ring is 1. The molecular formula is C23H27N7O5. The quantitative estimate of drug-likeness (QED) is 0.290. The van der Waals surface area contributed by atoms with Gasteiger partial charge in [-0.15, -0.1) is 0 Å². The van der Waals surface area contributed by atoms with Gasteiger partial charge >= 0.3 is 6.09 Å². The molecule has 0 unspecified atom stereocenters. The Balaban J connectivity index is 1.58. The third-order valence-corrected chi connectivity index (χ3v) is 5.56. The highest BCUT2D eigenvalue weighted by atomic mass is 16.6. The second-order valence-electron chi connectivity index (χ2n) is 9.27. The van der Waals surface area contributed by atoms with Crippen LogP contribution in [-0.2, 0) is 4.74 Å². The van der Waals surface area contributed by atoms with Crippen LogP contribution in [0, 0.1) is 10.1 Å². The summed E-state index contributed by atoms with van der Waals surface area (Å²) < 4.78 is 5.43. The first-order valence-electron chi connectivity index (χ1n) is 11.1. The maximum Gasteiger partial charge on any atom is 0.410 e. The number of H-pyrrole nitrogens is 1. The number of benzene rings is 2. The third kappa shape index (κ3) is 5.26. The molecule has 12 nitrogen and oxygen atoms in total. The Bertz CT molecular complexity index is 1290. The van der Waals surface area contributed by atoms with Crippen molar-refractivity contribution in [3.8, 4) is 0 Å². The van der Waals surface area contributed by atoms with Gasteiger partial charge < -0.3 is 25.6 Å². The summed E-state index contributed by atoms with van der Waals surface area (Å²) >= 11 is 0. The Morgan fingerprint density at radius 3 is 2.54 bits per heavy atom. The highest BCUT2D eigenvalue weighted by Gasteiger charge is 2.29. The number of aromatic nitrogens is 2. The zero-order chi connectivity index (χ0) is 25.3. The first-order chi connectivity index (χ1) is 16.5. The molecule has 2 aromatic carbocycles. The number of nitrogens with zero attached hydrogens (tertiary/aromatic N) is 4. The van der Waals surface area contributed by atoms with Crippen LogP contribution in [-0.4, -0.2) is 63.8 Å². The summed E-state index contributed by atoms with van der Waals surface area (Å²) in [4.78, 5) is 40.0. The molecule has 1 fully saturated rings. The van der Waals surface area contributed by atoms with Crippen LogP contribution >= 0.6 is 0 Å². The largest absolute Gasteiger partial charge is 0.444 e. The van der Waals surface area contributed by atoms with E-state index in [1.165, 1.54) is 12.1 Å². The van der Waals surface area contributed by atoms with Crippen molar-refractivity contribution < 1.29 is 19.2 Å². The number of hydrogen-bond donors (Lipinski definition) is 3. The van der Waals surface area contributed by atoms with E-state index in [1.54, 1.807) is 50.1 Å². The van der Waals surface area contributed by atoms with Crippen LogP contribution in [0.1, 0.15) is 31.1 Å². The molecule has 0 aliphatic carbocycles. The average molecular weight is 482 g/mol. The van der Waals surface area contributed by atoms with E-state index < -0.39 is 22.5 Å². The number of piperazine rings is 1. The minimum Gasteiger partial charge on any atom is -0.444 e. The van der Waals surface area contributed by atoms with Gasteiger partial charge in [0, 0.05) is 43.3 Å². The fourth-order valence-corrected chi connectivity index (χ4v) is 3.86. The summed E-state index contributed by atoms with van der Waals surface area (Å²) in [5.74, 6) is -0.517. The number of hydrogen-bond acceptors (Lipinski definition) is 8. The van der Waals surface area contributed by atoms with E-state index in [-0.39, 0.29) is 16.9 Å². The van der Waals surface area contributed by atoms with Crippen LogP contribution in [0.2, 0.25) is 0 Å². The summed E-state index contributed by atoms with van der Waals surface area (Å²) in [6.45, 7) is 6.93. The van der Waals surface area contributed by atoms with E-state index in [4.69, 9.17) is 10.5 Å². The topological polar surface area (TPSA) is 160 Å². The molecule has 1 aliphatic heterocycles. The van der Waals surface area contributed by atoms with Crippen molar-refractivity contribution in [1.82, 2.24) is 15.1 Å². The lowest BCUT2D eigenvalue weighted by Crippen LogP contribution is -2.50. The van der Waals surface area contributed by atoms with Gasteiger partial charge in [0.25, 0.3) is 11.6 Å². The van der Waals surface area contributed by atoms with E-state index in [2.05, 4.69) is 15.5 Å². The molecule has 1 aromatic heterocycles. The molecule has 35 heavy (non-hydrogen) atoms. The van der Waals surface area contributed by atoms with Crippen molar-refractivity contribution in [3.05, 3.63) is 52.2 Å². The summed E-state index contributed by atoms with van der Waals surface area (Å²) in [6, 6.07) is 7.88. The standard InChI is InChI=1S/C23H27N7O5/c1-23(2,3)35-22(32)29-8-6-28(7-9-29)19-12-17(24)20(30(33)34)11-16(19)21(31)26-15-5-4-14-13-25-27-18(14)10-15/h4-5,10-13H,6-9,24H2,1-3H3,(H,25,27)(H,26,31). The summed E-state index contributed by atoms with van der Waals surface area (Å²) in [7, 11) is 0. The number of ether oxygens (including phenoxy) is 1. The van der Waals surface area contributed by atoms with Gasteiger partial charge in [-0.3, -0.25) is 20.0 Å². The molecule has 0 spiro atoms. The van der Waals surface area contributed by atoms with Crippen molar-refractivity contribution >= 4 is 45.7 Å². The number of nitro benzene ring substituents is 1. The van der Waals surface area contributed by atoms with Crippen LogP contribution in [0.4, 0.5) is 27.5 Å². The van der Waals surface area contributed by atoms with E-state index in [1.807, 2.05) is 4.90 Å². The number of aromatic amines is 1. The lowest BCUT2D eigenvalue weighted by atomic mass is 10.1. The van der Waals surface area contributed by atoms with E-state index in [0.717, 1.165) is 10.9 Å². The molecule has 0 radical (unpaired) electrons. The molecule has 1 saturated heterocycles. The molecule has 4 N–H and O–H groups in total. The Hall–Kier alpha value is -4.35. The van der Waals surface area contributed by atoms with Crippen molar-refractivity contribution in [1.29, 1.82) is 0 Å². The number of nitro groups is 1. The normalized spacial score (nSPS) is 14.1. The number of anilines is 3. The highest BCUT2D eigenvalue weighted by Crippen LogP contribution is 2.33. The molecule has 4 rings (SSSR count). The second-order valence-corrected chi connectivity index (χ2v) is 9.27. The van der Waals surface area contributed by atoms with Crippen LogP contribution in [0.15, 0.2) is 36.5 Å². The minimum atomic E-state index is -0.618. The Labute approximate surface area is 201 Å². The molecular weight excluding hydrogens is 454 g/mol. The number of rotatable bonds is 4. The Kier molecular flexibility index (Phi) is 6.20. The third-order valence-electron chi connectivity index (χ3n) is 5.56. The lowest BCUT2D eigenvalue weighted by Gasteiger charge is -2.37. The van der Waals surface area contributed by atoms with Crippen molar-refractivity contribution in [2.45, 2.75) is 26.4 Å². The van der Waals surface area contributed by atoms with E-state index in [9.17, 15) is 19.7 Å². The summed E-state index contributed by atoms with van der Waals surface area (Å²) in [5, 5.41) is 22.0. The fourth-order valence-electron chi connectivity index (χ4n) is 3.86. The summed E-state index contributed by atoms with van der Waals surface area (Å²) in [5.41, 5.74) is 6.76. The van der Waals surface area contributed by atoms with Crippen molar-refractivity contribution in [2.24, 2.45) is 0 Å². The zero-order valence-corrected chi connectivity index (χ0v) is 19.7. The van der Waals surface area contributed by atoms with Gasteiger partial charge in [0.05, 0.1) is 27.9 Å². The Morgan fingerprint density at radius 1 is 1.17 bits per heavy atom. The molecule has 1 aliphatic rings. The fraction of sp³-hybridized carbons (Fsp3) is 0.348. The Morgan fingerprint density at radius 2 is 1.89 bits per heavy atom. The van der Waals surface area contributed by atoms with Gasteiger partial charge in [0.1, 0.15) is 11.3 Å². The predicted molar refractivity (Wildman–Crippen MR) is 132 cm³/mol. The van der Waals surface area contributed by atoms with Crippen molar-refractivity contribution in [2.75, 3.05) is 42.1 Å². The molecule has 2 amide bonds. The van der Waals surface area contributed by atoms with Gasteiger partial charge in [-0.25, -0.2) is 4.79 Å². The predicted octanol–water partition coefficient (Wildman–Crippen LogP) is 3.36. The number of fused-ring (bicyclic) bond motifs is 1. The molecule has 0 atom stereocenters. The number of carbonyl (C=O) groups is 2. The maximum absolute atomic E-state index is 13.3. The zero-order valence-electron chi connectivity index (χ0n) is 19.7. The summed E-state index contributed by atoms with van der Waals surface area (Å²) in [6.07, 6.45) is 1.26. The minimum absolute atomic E-state index is 0.0463. The van der Waals surface area contributed by atoms with Gasteiger partial charge in [-0.05, 0) is 45.0 Å². The molecule has 0 saturated carbocycles. The van der Waals surface area contributed by atoms with Crippen LogP contribution in [0.5, 0.6) is 0 Å². The van der Waals surface area contributed by atoms with Gasteiger partial charge in [-0.2, -0.15) is 5.10 Å². The van der Waals surface area contributed by atoms with Gasteiger partial charge in [-0.1, -0.05) is 0 Å². The van der Waals surface area contributed by atoms with Gasteiger partial charge in [0.2, 0.25) is 0 Å². The lowest BCUT2D eigenvalue weighted by molar-refractivity contribution is -0.383. The van der Waals surface area contributed by atoms with Crippen LogP contribution in [0.25, 0.3) is 10.9 Å². The van der Waals surface area contributed by atoms with Gasteiger partial charge in [0.15, 0.2) is 0 Å². The van der Waals surface area contributed by atoms with Crippen molar-refractivity contribution in [3.63, 3.8) is 0 Å². The van der Waals surface area contributed by atoms with E-state index in [0.29, 0.717) is 37.6 Å². The second kappa shape index (κ2) is 9.12. The highest BCUT2D eigenvalue weighted by molar-refractivity contribution is 6.10. The molecule has 2 heterocycles. The first kappa shape index (κ1) is 23.8. The smallest absolute Gasteiger partial charge is 0.410 e. The SMILES string of the molecule is CC(C)(C)OC(=O)N1CCN(c2cc(N)c([N+](=O)[O-])cc2C(=O)Nc2ccc3cn[nH]c3c2)CC1. The average Bonchev–Trinajstić information content (AvgIpc) is 3.25. The number of nitrogens with two attached hydrogens (primary N) is 1. The van der Waals surface area contributed by atoms with Crippen LogP contribution in [0.3, 0.4) is 0 Å². The number of nitrogens with one attached hydrogen (secondary N) is 2.